The zero-order valence-corrected chi connectivity index (χ0v) is 12.9. The highest BCUT2D eigenvalue weighted by atomic mass is 32.2. The lowest BCUT2D eigenvalue weighted by Crippen LogP contribution is -2.27. The van der Waals surface area contributed by atoms with Gasteiger partial charge in [0.05, 0.1) is 0 Å². The minimum absolute atomic E-state index is 0.0112. The van der Waals surface area contributed by atoms with Crippen LogP contribution in [0.4, 0.5) is 0 Å². The molecule has 0 aromatic heterocycles. The molecule has 20 heavy (non-hydrogen) atoms. The number of hydrogen-bond donors (Lipinski definition) is 0. The molecule has 3 nitrogen and oxygen atoms in total. The highest BCUT2D eigenvalue weighted by molar-refractivity contribution is 7.98. The Balaban J connectivity index is 2.12. The summed E-state index contributed by atoms with van der Waals surface area (Å²) in [5, 5.41) is 0. The SMILES string of the molecule is CSCOc1cccc([C@H]2CCCC[C@@H]2OC(C)=O)c1. The summed E-state index contributed by atoms with van der Waals surface area (Å²) in [6.45, 7) is 1.49. The quantitative estimate of drug-likeness (QED) is 0.608. The van der Waals surface area contributed by atoms with Crippen LogP contribution in [0, 0.1) is 0 Å². The van der Waals surface area contributed by atoms with E-state index >= 15 is 0 Å². The van der Waals surface area contributed by atoms with Gasteiger partial charge in [0, 0.05) is 12.8 Å². The van der Waals surface area contributed by atoms with Crippen molar-refractivity contribution in [3.8, 4) is 5.75 Å². The molecule has 4 heteroatoms. The third-order valence-electron chi connectivity index (χ3n) is 3.65. The van der Waals surface area contributed by atoms with Crippen LogP contribution in [0.1, 0.15) is 44.1 Å². The van der Waals surface area contributed by atoms with Gasteiger partial charge >= 0.3 is 5.97 Å². The second-order valence-electron chi connectivity index (χ2n) is 5.16. The molecule has 0 saturated heterocycles. The third kappa shape index (κ3) is 4.17. The van der Waals surface area contributed by atoms with Crippen molar-refractivity contribution in [1.29, 1.82) is 0 Å². The molecule has 110 valence electrons. The molecule has 1 fully saturated rings. The Hall–Kier alpha value is -1.16. The Kier molecular flexibility index (Phi) is 5.77. The minimum atomic E-state index is -0.184. The van der Waals surface area contributed by atoms with Gasteiger partial charge in [0.15, 0.2) is 0 Å². The second-order valence-corrected chi connectivity index (χ2v) is 5.98. The predicted molar refractivity (Wildman–Crippen MR) is 82.2 cm³/mol. The van der Waals surface area contributed by atoms with Crippen molar-refractivity contribution in [3.05, 3.63) is 29.8 Å². The average Bonchev–Trinajstić information content (AvgIpc) is 2.45. The molecule has 1 saturated carbocycles. The Morgan fingerprint density at radius 3 is 2.90 bits per heavy atom. The molecule has 1 aliphatic carbocycles. The summed E-state index contributed by atoms with van der Waals surface area (Å²) in [6.07, 6.45) is 6.39. The van der Waals surface area contributed by atoms with Gasteiger partial charge in [-0.05, 0) is 43.2 Å². The highest BCUT2D eigenvalue weighted by Gasteiger charge is 2.29. The van der Waals surface area contributed by atoms with Crippen LogP contribution in [0.25, 0.3) is 0 Å². The van der Waals surface area contributed by atoms with E-state index < -0.39 is 0 Å². The maximum absolute atomic E-state index is 11.2. The van der Waals surface area contributed by atoms with E-state index in [-0.39, 0.29) is 12.1 Å². The van der Waals surface area contributed by atoms with Crippen LogP contribution in [-0.2, 0) is 9.53 Å². The van der Waals surface area contributed by atoms with Crippen molar-refractivity contribution in [2.24, 2.45) is 0 Å². The van der Waals surface area contributed by atoms with Crippen molar-refractivity contribution in [1.82, 2.24) is 0 Å². The standard InChI is InChI=1S/C16H22O3S/c1-12(17)19-16-9-4-3-8-15(16)13-6-5-7-14(10-13)18-11-20-2/h5-7,10,15-16H,3-4,8-9,11H2,1-2H3/t15-,16+/m1/s1. The number of ether oxygens (including phenoxy) is 2. The van der Waals surface area contributed by atoms with Crippen LogP contribution >= 0.6 is 11.8 Å². The van der Waals surface area contributed by atoms with Gasteiger partial charge in [-0.15, -0.1) is 11.8 Å². The lowest BCUT2D eigenvalue weighted by atomic mass is 9.81. The van der Waals surface area contributed by atoms with Crippen LogP contribution in [0.3, 0.4) is 0 Å². The Bertz CT molecular complexity index is 447. The molecule has 0 unspecified atom stereocenters. The normalized spacial score (nSPS) is 22.3. The van der Waals surface area contributed by atoms with E-state index in [1.54, 1.807) is 11.8 Å². The van der Waals surface area contributed by atoms with Gasteiger partial charge in [-0.2, -0.15) is 0 Å². The lowest BCUT2D eigenvalue weighted by molar-refractivity contribution is -0.148. The Labute approximate surface area is 125 Å². The molecule has 0 spiro atoms. The topological polar surface area (TPSA) is 35.5 Å². The van der Waals surface area contributed by atoms with E-state index in [0.717, 1.165) is 25.0 Å². The third-order valence-corrected chi connectivity index (χ3v) is 4.00. The van der Waals surface area contributed by atoms with E-state index in [1.807, 2.05) is 18.4 Å². The smallest absolute Gasteiger partial charge is 0.302 e. The van der Waals surface area contributed by atoms with E-state index in [4.69, 9.17) is 9.47 Å². The molecule has 0 aliphatic heterocycles. The van der Waals surface area contributed by atoms with Crippen molar-refractivity contribution in [2.45, 2.75) is 44.6 Å². The van der Waals surface area contributed by atoms with Gasteiger partial charge in [0.2, 0.25) is 0 Å². The molecule has 0 radical (unpaired) electrons. The largest absolute Gasteiger partial charge is 0.483 e. The highest BCUT2D eigenvalue weighted by Crippen LogP contribution is 2.36. The Morgan fingerprint density at radius 1 is 1.35 bits per heavy atom. The first-order chi connectivity index (χ1) is 9.70. The second kappa shape index (κ2) is 7.58. The summed E-state index contributed by atoms with van der Waals surface area (Å²) < 4.78 is 11.2. The van der Waals surface area contributed by atoms with Crippen LogP contribution in [0.15, 0.2) is 24.3 Å². The molecular weight excluding hydrogens is 272 g/mol. The molecule has 2 atom stereocenters. The maximum Gasteiger partial charge on any atom is 0.302 e. The molecule has 2 rings (SSSR count). The molecule has 0 heterocycles. The number of thioether (sulfide) groups is 1. The van der Waals surface area contributed by atoms with Crippen LogP contribution < -0.4 is 4.74 Å². The summed E-state index contributed by atoms with van der Waals surface area (Å²) >= 11 is 1.66. The van der Waals surface area contributed by atoms with Crippen LogP contribution in [0.2, 0.25) is 0 Å². The lowest BCUT2D eigenvalue weighted by Gasteiger charge is -2.31. The minimum Gasteiger partial charge on any atom is -0.483 e. The van der Waals surface area contributed by atoms with E-state index in [9.17, 15) is 4.79 Å². The summed E-state index contributed by atoms with van der Waals surface area (Å²) in [5.74, 6) is 1.66. The summed E-state index contributed by atoms with van der Waals surface area (Å²) in [7, 11) is 0. The maximum atomic E-state index is 11.2. The van der Waals surface area contributed by atoms with Crippen molar-refractivity contribution >= 4 is 17.7 Å². The monoisotopic (exact) mass is 294 g/mol. The van der Waals surface area contributed by atoms with Gasteiger partial charge in [-0.25, -0.2) is 0 Å². The van der Waals surface area contributed by atoms with Crippen LogP contribution in [-0.4, -0.2) is 24.3 Å². The summed E-state index contributed by atoms with van der Waals surface area (Å²) in [4.78, 5) is 11.2. The van der Waals surface area contributed by atoms with Crippen molar-refractivity contribution in [2.75, 3.05) is 12.2 Å². The first-order valence-electron chi connectivity index (χ1n) is 7.09. The van der Waals surface area contributed by atoms with Gasteiger partial charge in [0.1, 0.15) is 17.8 Å². The summed E-state index contributed by atoms with van der Waals surface area (Å²) in [6, 6.07) is 8.19. The van der Waals surface area contributed by atoms with Crippen LogP contribution in [0.5, 0.6) is 5.75 Å². The number of esters is 1. The number of carbonyl (C=O) groups is 1. The fraction of sp³-hybridized carbons (Fsp3) is 0.562. The van der Waals surface area contributed by atoms with Gasteiger partial charge in [-0.1, -0.05) is 18.6 Å². The van der Waals surface area contributed by atoms with Crippen molar-refractivity contribution in [3.63, 3.8) is 0 Å². The van der Waals surface area contributed by atoms with Gasteiger partial charge in [0.25, 0.3) is 0 Å². The fourth-order valence-corrected chi connectivity index (χ4v) is 3.05. The van der Waals surface area contributed by atoms with Gasteiger partial charge in [-0.3, -0.25) is 4.79 Å². The number of rotatable bonds is 5. The number of hydrogen-bond acceptors (Lipinski definition) is 4. The summed E-state index contributed by atoms with van der Waals surface area (Å²) in [5.41, 5.74) is 1.22. The van der Waals surface area contributed by atoms with Gasteiger partial charge < -0.3 is 9.47 Å². The number of carbonyl (C=O) groups excluding carboxylic acids is 1. The predicted octanol–water partition coefficient (Wildman–Crippen LogP) is 3.98. The van der Waals surface area contributed by atoms with E-state index in [0.29, 0.717) is 11.9 Å². The molecule has 0 N–H and O–H groups in total. The zero-order chi connectivity index (χ0) is 14.4. The Morgan fingerprint density at radius 2 is 2.15 bits per heavy atom. The average molecular weight is 294 g/mol. The molecule has 0 amide bonds. The first kappa shape index (κ1) is 15.2. The molecule has 1 aliphatic rings. The first-order valence-corrected chi connectivity index (χ1v) is 8.49. The molecule has 1 aromatic rings. The van der Waals surface area contributed by atoms with E-state index in [2.05, 4.69) is 12.1 Å². The molecule has 1 aromatic carbocycles. The fourth-order valence-electron chi connectivity index (χ4n) is 2.79. The molecular formula is C16H22O3S. The zero-order valence-electron chi connectivity index (χ0n) is 12.1. The molecule has 0 bridgehead atoms. The number of benzene rings is 1. The van der Waals surface area contributed by atoms with E-state index in [1.165, 1.54) is 18.9 Å². The van der Waals surface area contributed by atoms with Crippen molar-refractivity contribution < 1.29 is 14.3 Å².